The quantitative estimate of drug-likeness (QED) is 0.631. The van der Waals surface area contributed by atoms with E-state index in [0.29, 0.717) is 17.9 Å². The van der Waals surface area contributed by atoms with Crippen LogP contribution < -0.4 is 5.73 Å². The molecule has 0 radical (unpaired) electrons. The Bertz CT molecular complexity index is 942. The molecule has 0 saturated heterocycles. The summed E-state index contributed by atoms with van der Waals surface area (Å²) in [7, 11) is 0. The van der Waals surface area contributed by atoms with Gasteiger partial charge in [0.15, 0.2) is 11.5 Å². The van der Waals surface area contributed by atoms with Crippen molar-refractivity contribution in [1.82, 2.24) is 19.5 Å². The number of rotatable bonds is 3. The summed E-state index contributed by atoms with van der Waals surface area (Å²) in [6.07, 6.45) is 3.22. The molecule has 23 heavy (non-hydrogen) atoms. The molecular formula is C18H15N5. The summed E-state index contributed by atoms with van der Waals surface area (Å²) >= 11 is 0. The Balaban J connectivity index is 1.63. The van der Waals surface area contributed by atoms with Gasteiger partial charge in [0, 0.05) is 0 Å². The minimum atomic E-state index is 0.410. The highest BCUT2D eigenvalue weighted by atomic mass is 15.1. The predicted octanol–water partition coefficient (Wildman–Crippen LogP) is 3.12. The van der Waals surface area contributed by atoms with Gasteiger partial charge < -0.3 is 10.3 Å². The van der Waals surface area contributed by atoms with Crippen LogP contribution in [0.3, 0.4) is 0 Å². The Morgan fingerprint density at radius 2 is 1.57 bits per heavy atom. The summed E-state index contributed by atoms with van der Waals surface area (Å²) < 4.78 is 1.98. The zero-order valence-electron chi connectivity index (χ0n) is 12.4. The average Bonchev–Trinajstić information content (AvgIpc) is 3.01. The zero-order chi connectivity index (χ0) is 15.6. The number of hydrogen-bond acceptors (Lipinski definition) is 4. The lowest BCUT2D eigenvalue weighted by molar-refractivity contribution is 0.813. The molecule has 0 atom stereocenters. The van der Waals surface area contributed by atoms with Crippen LogP contribution in [0, 0.1) is 0 Å². The number of aromatic nitrogens is 4. The number of hydrogen-bond donors (Lipinski definition) is 1. The van der Waals surface area contributed by atoms with E-state index >= 15 is 0 Å². The number of anilines is 1. The first-order valence-corrected chi connectivity index (χ1v) is 7.37. The Labute approximate surface area is 133 Å². The van der Waals surface area contributed by atoms with Gasteiger partial charge in [-0.1, -0.05) is 54.6 Å². The van der Waals surface area contributed by atoms with Crippen LogP contribution in [0.1, 0.15) is 5.56 Å². The molecule has 112 valence electrons. The van der Waals surface area contributed by atoms with Gasteiger partial charge in [0.2, 0.25) is 0 Å². The molecule has 0 unspecified atom stereocenters. The largest absolute Gasteiger partial charge is 0.382 e. The maximum absolute atomic E-state index is 5.82. The van der Waals surface area contributed by atoms with Crippen LogP contribution in [-0.2, 0) is 6.54 Å². The fourth-order valence-electron chi connectivity index (χ4n) is 2.64. The Morgan fingerprint density at radius 3 is 2.35 bits per heavy atom. The van der Waals surface area contributed by atoms with Crippen molar-refractivity contribution in [2.45, 2.75) is 6.54 Å². The summed E-state index contributed by atoms with van der Waals surface area (Å²) in [5.41, 5.74) is 10.8. The van der Waals surface area contributed by atoms with Crippen molar-refractivity contribution in [2.24, 2.45) is 0 Å². The van der Waals surface area contributed by atoms with Crippen molar-refractivity contribution in [3.8, 4) is 11.1 Å². The van der Waals surface area contributed by atoms with Gasteiger partial charge in [-0.2, -0.15) is 0 Å². The first kappa shape index (κ1) is 13.5. The van der Waals surface area contributed by atoms with E-state index in [1.165, 1.54) is 23.0 Å². The SMILES string of the molecule is Nc1ncnc2c1ncn2Cc1ccc(-c2ccccc2)cc1. The van der Waals surface area contributed by atoms with Crippen molar-refractivity contribution >= 4 is 17.0 Å². The van der Waals surface area contributed by atoms with Gasteiger partial charge in [0.05, 0.1) is 12.9 Å². The molecule has 0 aliphatic carbocycles. The maximum atomic E-state index is 5.82. The smallest absolute Gasteiger partial charge is 0.165 e. The fraction of sp³-hybridized carbons (Fsp3) is 0.0556. The van der Waals surface area contributed by atoms with E-state index < -0.39 is 0 Å². The predicted molar refractivity (Wildman–Crippen MR) is 90.7 cm³/mol. The molecule has 0 aliphatic rings. The highest BCUT2D eigenvalue weighted by molar-refractivity contribution is 5.81. The van der Waals surface area contributed by atoms with E-state index in [4.69, 9.17) is 5.73 Å². The molecule has 4 rings (SSSR count). The normalized spacial score (nSPS) is 11.0. The Hall–Kier alpha value is -3.21. The molecule has 0 amide bonds. The summed E-state index contributed by atoms with van der Waals surface area (Å²) in [6, 6.07) is 18.8. The van der Waals surface area contributed by atoms with Crippen molar-refractivity contribution in [3.63, 3.8) is 0 Å². The van der Waals surface area contributed by atoms with Gasteiger partial charge in [-0.15, -0.1) is 0 Å². The average molecular weight is 301 g/mol. The van der Waals surface area contributed by atoms with E-state index in [1.807, 2.05) is 22.8 Å². The van der Waals surface area contributed by atoms with Crippen LogP contribution >= 0.6 is 0 Å². The zero-order valence-corrected chi connectivity index (χ0v) is 12.4. The highest BCUT2D eigenvalue weighted by Gasteiger charge is 2.08. The molecule has 2 N–H and O–H groups in total. The summed E-state index contributed by atoms with van der Waals surface area (Å²) in [5.74, 6) is 0.410. The molecular weight excluding hydrogens is 286 g/mol. The van der Waals surface area contributed by atoms with Crippen LogP contribution in [0.4, 0.5) is 5.82 Å². The number of nitrogens with two attached hydrogens (primary N) is 1. The van der Waals surface area contributed by atoms with Gasteiger partial charge >= 0.3 is 0 Å². The number of imidazole rings is 1. The number of nitrogens with zero attached hydrogens (tertiary/aromatic N) is 4. The molecule has 0 bridgehead atoms. The molecule has 2 heterocycles. The molecule has 0 spiro atoms. The van der Waals surface area contributed by atoms with Gasteiger partial charge in [-0.05, 0) is 16.7 Å². The first-order valence-electron chi connectivity index (χ1n) is 7.37. The second-order valence-corrected chi connectivity index (χ2v) is 5.37. The van der Waals surface area contributed by atoms with E-state index in [2.05, 4.69) is 51.4 Å². The van der Waals surface area contributed by atoms with Gasteiger partial charge in [0.25, 0.3) is 0 Å². The third kappa shape index (κ3) is 2.53. The Kier molecular flexibility index (Phi) is 3.24. The molecule has 5 nitrogen and oxygen atoms in total. The van der Waals surface area contributed by atoms with Gasteiger partial charge in [-0.25, -0.2) is 15.0 Å². The second-order valence-electron chi connectivity index (χ2n) is 5.37. The van der Waals surface area contributed by atoms with Crippen LogP contribution in [0.25, 0.3) is 22.3 Å². The summed E-state index contributed by atoms with van der Waals surface area (Å²) in [4.78, 5) is 12.5. The lowest BCUT2D eigenvalue weighted by Crippen LogP contribution is -2.00. The van der Waals surface area contributed by atoms with Crippen LogP contribution in [0.15, 0.2) is 67.3 Å². The Morgan fingerprint density at radius 1 is 0.826 bits per heavy atom. The van der Waals surface area contributed by atoms with E-state index in [-0.39, 0.29) is 0 Å². The molecule has 2 aromatic heterocycles. The summed E-state index contributed by atoms with van der Waals surface area (Å²) in [6.45, 7) is 0.696. The highest BCUT2D eigenvalue weighted by Crippen LogP contribution is 2.20. The van der Waals surface area contributed by atoms with E-state index in [0.717, 1.165) is 5.65 Å². The van der Waals surface area contributed by atoms with Crippen molar-refractivity contribution in [1.29, 1.82) is 0 Å². The topological polar surface area (TPSA) is 69.6 Å². The summed E-state index contributed by atoms with van der Waals surface area (Å²) in [5, 5.41) is 0. The fourth-order valence-corrected chi connectivity index (χ4v) is 2.64. The third-order valence-corrected chi connectivity index (χ3v) is 3.84. The number of nitrogen functional groups attached to an aromatic ring is 1. The van der Waals surface area contributed by atoms with Crippen LogP contribution in [-0.4, -0.2) is 19.5 Å². The van der Waals surface area contributed by atoms with Crippen molar-refractivity contribution in [3.05, 3.63) is 72.8 Å². The number of benzene rings is 2. The van der Waals surface area contributed by atoms with E-state index in [1.54, 1.807) is 6.33 Å². The molecule has 5 heteroatoms. The lowest BCUT2D eigenvalue weighted by Gasteiger charge is -2.06. The van der Waals surface area contributed by atoms with Crippen molar-refractivity contribution < 1.29 is 0 Å². The van der Waals surface area contributed by atoms with Gasteiger partial charge in [0.1, 0.15) is 11.8 Å². The minimum Gasteiger partial charge on any atom is -0.382 e. The minimum absolute atomic E-state index is 0.410. The second kappa shape index (κ2) is 5.53. The number of fused-ring (bicyclic) bond motifs is 1. The van der Waals surface area contributed by atoms with Crippen LogP contribution in [0.2, 0.25) is 0 Å². The molecule has 2 aromatic carbocycles. The molecule has 0 saturated carbocycles. The van der Waals surface area contributed by atoms with Gasteiger partial charge in [-0.3, -0.25) is 0 Å². The van der Waals surface area contributed by atoms with Crippen LogP contribution in [0.5, 0.6) is 0 Å². The van der Waals surface area contributed by atoms with E-state index in [9.17, 15) is 0 Å². The third-order valence-electron chi connectivity index (χ3n) is 3.84. The molecule has 4 aromatic rings. The monoisotopic (exact) mass is 301 g/mol. The lowest BCUT2D eigenvalue weighted by atomic mass is 10.0. The molecule has 0 fully saturated rings. The standard InChI is InChI=1S/C18H15N5/c19-17-16-18(21-11-20-17)23(12-22-16)10-13-6-8-15(9-7-13)14-4-2-1-3-5-14/h1-9,11-12H,10H2,(H2,19,20,21). The van der Waals surface area contributed by atoms with Crippen molar-refractivity contribution in [2.75, 3.05) is 5.73 Å². The first-order chi connectivity index (χ1) is 11.3. The maximum Gasteiger partial charge on any atom is 0.165 e. The molecule has 0 aliphatic heterocycles.